The summed E-state index contributed by atoms with van der Waals surface area (Å²) in [5, 5.41) is 14.7. The number of nitriles is 1. The van der Waals surface area contributed by atoms with Gasteiger partial charge in [-0.2, -0.15) is 5.26 Å². The van der Waals surface area contributed by atoms with Crippen molar-refractivity contribution in [2.24, 2.45) is 0 Å². The van der Waals surface area contributed by atoms with Crippen molar-refractivity contribution < 1.29 is 4.42 Å². The maximum atomic E-state index is 9.21. The van der Waals surface area contributed by atoms with E-state index in [-0.39, 0.29) is 0 Å². The Bertz CT molecular complexity index is 1020. The van der Waals surface area contributed by atoms with Crippen LogP contribution in [0.3, 0.4) is 0 Å². The largest absolute Gasteiger partial charge is 0.454 e. The zero-order valence-corrected chi connectivity index (χ0v) is 11.7. The minimum Gasteiger partial charge on any atom is -0.454 e. The number of anilines is 2. The summed E-state index contributed by atoms with van der Waals surface area (Å²) in [4.78, 5) is 0. The molecule has 1 heterocycles. The molecule has 0 fully saturated rings. The van der Waals surface area contributed by atoms with Gasteiger partial charge in [0, 0.05) is 10.8 Å². The van der Waals surface area contributed by atoms with E-state index in [2.05, 4.69) is 11.4 Å². The van der Waals surface area contributed by atoms with E-state index in [0.29, 0.717) is 5.56 Å². The van der Waals surface area contributed by atoms with Crippen LogP contribution in [0.25, 0.3) is 21.9 Å². The number of para-hydroxylation sites is 3. The van der Waals surface area contributed by atoms with Crippen molar-refractivity contribution in [1.82, 2.24) is 0 Å². The van der Waals surface area contributed by atoms with Crippen molar-refractivity contribution in [2.45, 2.75) is 0 Å². The molecule has 22 heavy (non-hydrogen) atoms. The summed E-state index contributed by atoms with van der Waals surface area (Å²) in [5.74, 6) is 0. The Morgan fingerprint density at radius 3 is 2.41 bits per heavy atom. The second kappa shape index (κ2) is 4.94. The van der Waals surface area contributed by atoms with Gasteiger partial charge in [0.15, 0.2) is 5.58 Å². The molecular weight excluding hydrogens is 272 g/mol. The Labute approximate surface area is 127 Å². The Morgan fingerprint density at radius 2 is 1.50 bits per heavy atom. The quantitative estimate of drug-likeness (QED) is 0.550. The number of hydrogen-bond acceptors (Lipinski definition) is 3. The molecule has 0 amide bonds. The van der Waals surface area contributed by atoms with Gasteiger partial charge in [0.05, 0.1) is 16.9 Å². The molecule has 0 aliphatic carbocycles. The highest BCUT2D eigenvalue weighted by molar-refractivity contribution is 6.09. The molecule has 1 aromatic heterocycles. The summed E-state index contributed by atoms with van der Waals surface area (Å²) < 4.78 is 5.98. The molecular formula is C19H12N2O. The number of nitrogens with one attached hydrogen (secondary N) is 1. The van der Waals surface area contributed by atoms with Crippen LogP contribution >= 0.6 is 0 Å². The molecule has 0 bridgehead atoms. The van der Waals surface area contributed by atoms with Crippen LogP contribution in [0, 0.1) is 11.3 Å². The molecule has 0 spiro atoms. The topological polar surface area (TPSA) is 49.0 Å². The van der Waals surface area contributed by atoms with Gasteiger partial charge in [-0.05, 0) is 24.3 Å². The second-order valence-electron chi connectivity index (χ2n) is 5.06. The molecule has 0 aliphatic rings. The molecule has 3 nitrogen and oxygen atoms in total. The lowest BCUT2D eigenvalue weighted by Gasteiger charge is -2.08. The first-order valence-electron chi connectivity index (χ1n) is 7.03. The fourth-order valence-electron chi connectivity index (χ4n) is 2.68. The molecule has 0 atom stereocenters. The first kappa shape index (κ1) is 12.5. The summed E-state index contributed by atoms with van der Waals surface area (Å²) in [7, 11) is 0. The van der Waals surface area contributed by atoms with Gasteiger partial charge < -0.3 is 9.73 Å². The average molecular weight is 284 g/mol. The van der Waals surface area contributed by atoms with Gasteiger partial charge in [0.25, 0.3) is 0 Å². The van der Waals surface area contributed by atoms with Crippen molar-refractivity contribution in [3.8, 4) is 6.07 Å². The van der Waals surface area contributed by atoms with Gasteiger partial charge in [-0.25, -0.2) is 0 Å². The van der Waals surface area contributed by atoms with Crippen LogP contribution in [0.2, 0.25) is 0 Å². The number of benzene rings is 3. The SMILES string of the molecule is N#Cc1ccccc1Nc1cccc2c1oc1ccccc12. The predicted octanol–water partition coefficient (Wildman–Crippen LogP) is 5.20. The van der Waals surface area contributed by atoms with Gasteiger partial charge in [-0.15, -0.1) is 0 Å². The molecule has 3 aromatic carbocycles. The van der Waals surface area contributed by atoms with E-state index in [4.69, 9.17) is 4.42 Å². The van der Waals surface area contributed by atoms with Gasteiger partial charge in [0.2, 0.25) is 0 Å². The molecule has 0 aliphatic heterocycles. The predicted molar refractivity (Wildman–Crippen MR) is 88.2 cm³/mol. The monoisotopic (exact) mass is 284 g/mol. The van der Waals surface area contributed by atoms with E-state index in [1.165, 1.54) is 0 Å². The fourth-order valence-corrected chi connectivity index (χ4v) is 2.68. The average Bonchev–Trinajstić information content (AvgIpc) is 2.95. The number of nitrogens with zero attached hydrogens (tertiary/aromatic N) is 1. The Kier molecular flexibility index (Phi) is 2.80. The van der Waals surface area contributed by atoms with Crippen molar-refractivity contribution >= 4 is 33.3 Å². The first-order chi connectivity index (χ1) is 10.9. The third-order valence-electron chi connectivity index (χ3n) is 3.72. The maximum absolute atomic E-state index is 9.21. The summed E-state index contributed by atoms with van der Waals surface area (Å²) in [6, 6.07) is 23.6. The van der Waals surface area contributed by atoms with Gasteiger partial charge in [0.1, 0.15) is 11.7 Å². The highest BCUT2D eigenvalue weighted by Gasteiger charge is 2.11. The van der Waals surface area contributed by atoms with Crippen LogP contribution < -0.4 is 5.32 Å². The molecule has 0 saturated heterocycles. The number of fused-ring (bicyclic) bond motifs is 3. The standard InChI is InChI=1S/C19H12N2O/c20-12-13-6-1-3-9-16(13)21-17-10-5-8-15-14-7-2-4-11-18(14)22-19(15)17/h1-11,21H. The maximum Gasteiger partial charge on any atom is 0.158 e. The van der Waals surface area contributed by atoms with Gasteiger partial charge in [-0.3, -0.25) is 0 Å². The van der Waals surface area contributed by atoms with Crippen molar-refractivity contribution in [2.75, 3.05) is 5.32 Å². The number of furan rings is 1. The van der Waals surface area contributed by atoms with Gasteiger partial charge >= 0.3 is 0 Å². The van der Waals surface area contributed by atoms with Crippen LogP contribution in [-0.2, 0) is 0 Å². The lowest BCUT2D eigenvalue weighted by atomic mass is 10.1. The van der Waals surface area contributed by atoms with Crippen LogP contribution in [-0.4, -0.2) is 0 Å². The zero-order chi connectivity index (χ0) is 14.9. The van der Waals surface area contributed by atoms with Crippen molar-refractivity contribution in [3.05, 3.63) is 72.3 Å². The Morgan fingerprint density at radius 1 is 0.773 bits per heavy atom. The van der Waals surface area contributed by atoms with E-state index in [1.807, 2.05) is 60.7 Å². The smallest absolute Gasteiger partial charge is 0.158 e. The Balaban J connectivity index is 1.91. The summed E-state index contributed by atoms with van der Waals surface area (Å²) in [6.45, 7) is 0. The third-order valence-corrected chi connectivity index (χ3v) is 3.72. The highest BCUT2D eigenvalue weighted by Crippen LogP contribution is 2.34. The van der Waals surface area contributed by atoms with Crippen LogP contribution in [0.1, 0.15) is 5.56 Å². The van der Waals surface area contributed by atoms with Crippen LogP contribution in [0.4, 0.5) is 11.4 Å². The van der Waals surface area contributed by atoms with Crippen LogP contribution in [0.15, 0.2) is 71.1 Å². The highest BCUT2D eigenvalue weighted by atomic mass is 16.3. The molecule has 104 valence electrons. The van der Waals surface area contributed by atoms with E-state index < -0.39 is 0 Å². The normalized spacial score (nSPS) is 10.7. The van der Waals surface area contributed by atoms with E-state index in [9.17, 15) is 5.26 Å². The van der Waals surface area contributed by atoms with Crippen molar-refractivity contribution in [3.63, 3.8) is 0 Å². The lowest BCUT2D eigenvalue weighted by Crippen LogP contribution is -1.93. The third kappa shape index (κ3) is 1.90. The first-order valence-corrected chi connectivity index (χ1v) is 7.03. The lowest BCUT2D eigenvalue weighted by molar-refractivity contribution is 0.670. The zero-order valence-electron chi connectivity index (χ0n) is 11.7. The molecule has 0 radical (unpaired) electrons. The molecule has 0 saturated carbocycles. The van der Waals surface area contributed by atoms with E-state index in [1.54, 1.807) is 6.07 Å². The summed E-state index contributed by atoms with van der Waals surface area (Å²) >= 11 is 0. The molecule has 1 N–H and O–H groups in total. The molecule has 4 aromatic rings. The van der Waals surface area contributed by atoms with E-state index in [0.717, 1.165) is 33.3 Å². The van der Waals surface area contributed by atoms with Crippen molar-refractivity contribution in [1.29, 1.82) is 5.26 Å². The minimum absolute atomic E-state index is 0.607. The summed E-state index contributed by atoms with van der Waals surface area (Å²) in [5.41, 5.74) is 3.90. The molecule has 0 unspecified atom stereocenters. The van der Waals surface area contributed by atoms with Crippen LogP contribution in [0.5, 0.6) is 0 Å². The minimum atomic E-state index is 0.607. The number of rotatable bonds is 2. The number of hydrogen-bond donors (Lipinski definition) is 1. The van der Waals surface area contributed by atoms with Gasteiger partial charge in [-0.1, -0.05) is 42.5 Å². The molecule has 3 heteroatoms. The summed E-state index contributed by atoms with van der Waals surface area (Å²) in [6.07, 6.45) is 0. The molecule has 4 rings (SSSR count). The fraction of sp³-hybridized carbons (Fsp3) is 0. The Hall–Kier alpha value is -3.25. The second-order valence-corrected chi connectivity index (χ2v) is 5.06. The van der Waals surface area contributed by atoms with E-state index >= 15 is 0 Å².